The minimum atomic E-state index is -0.562. The fourth-order valence-corrected chi connectivity index (χ4v) is 2.29. The first-order valence-corrected chi connectivity index (χ1v) is 7.09. The lowest BCUT2D eigenvalue weighted by molar-refractivity contribution is 0.0774. The van der Waals surface area contributed by atoms with Gasteiger partial charge in [0.2, 0.25) is 0 Å². The molecule has 0 atom stereocenters. The predicted molar refractivity (Wildman–Crippen MR) is 77.7 cm³/mol. The Bertz CT molecular complexity index is 477. The van der Waals surface area contributed by atoms with Gasteiger partial charge in [-0.2, -0.15) is 0 Å². The van der Waals surface area contributed by atoms with E-state index in [9.17, 15) is 9.18 Å². The zero-order valence-corrected chi connectivity index (χ0v) is 12.3. The zero-order chi connectivity index (χ0) is 14.5. The smallest absolute Gasteiger partial charge is 0.253 e. The Balaban J connectivity index is 1.89. The topological polar surface area (TPSA) is 35.6 Å². The fourth-order valence-electron chi connectivity index (χ4n) is 2.18. The summed E-state index contributed by atoms with van der Waals surface area (Å²) in [5.41, 5.74) is 0.328. The summed E-state index contributed by atoms with van der Waals surface area (Å²) >= 11 is 5.62. The molecule has 0 unspecified atom stereocenters. The molecule has 0 saturated carbocycles. The van der Waals surface area contributed by atoms with Gasteiger partial charge in [0.05, 0.1) is 5.02 Å². The van der Waals surface area contributed by atoms with E-state index in [1.165, 1.54) is 12.1 Å². The van der Waals surface area contributed by atoms with E-state index in [0.29, 0.717) is 12.1 Å². The lowest BCUT2D eigenvalue weighted by Gasteiger charge is -2.29. The third-order valence-electron chi connectivity index (χ3n) is 3.47. The lowest BCUT2D eigenvalue weighted by atomic mass is 10.2. The molecule has 1 aliphatic rings. The average molecular weight is 300 g/mol. The van der Waals surface area contributed by atoms with Gasteiger partial charge in [-0.3, -0.25) is 9.69 Å². The van der Waals surface area contributed by atoms with Gasteiger partial charge in [0.15, 0.2) is 0 Å². The normalized spacial score (nSPS) is 16.1. The largest absolute Gasteiger partial charge is 0.340 e. The van der Waals surface area contributed by atoms with Crippen LogP contribution in [0.2, 0.25) is 5.02 Å². The highest BCUT2D eigenvalue weighted by atomic mass is 35.5. The molecule has 0 aliphatic carbocycles. The van der Waals surface area contributed by atoms with Crippen LogP contribution < -0.4 is 5.32 Å². The van der Waals surface area contributed by atoms with Gasteiger partial charge in [0, 0.05) is 51.9 Å². The minimum absolute atomic E-state index is 0.0324. The molecule has 20 heavy (non-hydrogen) atoms. The van der Waals surface area contributed by atoms with Crippen molar-refractivity contribution >= 4 is 17.5 Å². The van der Waals surface area contributed by atoms with Gasteiger partial charge in [-0.25, -0.2) is 4.39 Å². The first-order chi connectivity index (χ1) is 9.58. The molecule has 0 aromatic heterocycles. The van der Waals surface area contributed by atoms with Crippen molar-refractivity contribution in [3.63, 3.8) is 0 Å². The number of piperazine rings is 1. The van der Waals surface area contributed by atoms with Crippen molar-refractivity contribution in [2.24, 2.45) is 0 Å². The van der Waals surface area contributed by atoms with E-state index in [-0.39, 0.29) is 10.9 Å². The zero-order valence-electron chi connectivity index (χ0n) is 11.5. The molecule has 1 saturated heterocycles. The number of halogens is 2. The number of rotatable bonds is 4. The summed E-state index contributed by atoms with van der Waals surface area (Å²) in [5, 5.41) is 3.32. The molecule has 2 rings (SSSR count). The molecule has 1 heterocycles. The maximum absolute atomic E-state index is 13.4. The van der Waals surface area contributed by atoms with E-state index in [1.807, 2.05) is 0 Å². The molecular formula is C14H19ClFN3O. The van der Waals surface area contributed by atoms with Crippen LogP contribution in [0.1, 0.15) is 10.4 Å². The van der Waals surface area contributed by atoms with E-state index in [0.717, 1.165) is 32.7 Å². The van der Waals surface area contributed by atoms with Crippen molar-refractivity contribution in [3.05, 3.63) is 34.6 Å². The molecular weight excluding hydrogens is 281 g/mol. The SMILES string of the molecule is CN(CCN1CCNCC1)C(=O)c1ccc(Cl)c(F)c1. The third kappa shape index (κ3) is 3.91. The van der Waals surface area contributed by atoms with Gasteiger partial charge in [0.25, 0.3) is 5.91 Å². The summed E-state index contributed by atoms with van der Waals surface area (Å²) in [4.78, 5) is 16.1. The molecule has 6 heteroatoms. The minimum Gasteiger partial charge on any atom is -0.340 e. The Morgan fingerprint density at radius 2 is 2.15 bits per heavy atom. The lowest BCUT2D eigenvalue weighted by Crippen LogP contribution is -2.46. The van der Waals surface area contributed by atoms with E-state index in [2.05, 4.69) is 10.2 Å². The molecule has 0 bridgehead atoms. The molecule has 0 spiro atoms. The Morgan fingerprint density at radius 3 is 2.80 bits per heavy atom. The van der Waals surface area contributed by atoms with Gasteiger partial charge >= 0.3 is 0 Å². The quantitative estimate of drug-likeness (QED) is 0.914. The second-order valence-corrected chi connectivity index (χ2v) is 5.35. The number of benzene rings is 1. The molecule has 1 aliphatic heterocycles. The van der Waals surface area contributed by atoms with Crippen molar-refractivity contribution < 1.29 is 9.18 Å². The first-order valence-electron chi connectivity index (χ1n) is 6.71. The number of hydrogen-bond donors (Lipinski definition) is 1. The van der Waals surface area contributed by atoms with Crippen molar-refractivity contribution in [2.75, 3.05) is 46.3 Å². The van der Waals surface area contributed by atoms with Crippen LogP contribution in [0, 0.1) is 5.82 Å². The number of nitrogens with zero attached hydrogens (tertiary/aromatic N) is 2. The number of amides is 1. The maximum atomic E-state index is 13.4. The second kappa shape index (κ2) is 7.02. The maximum Gasteiger partial charge on any atom is 0.253 e. The van der Waals surface area contributed by atoms with Crippen LogP contribution in [0.25, 0.3) is 0 Å². The van der Waals surface area contributed by atoms with Crippen LogP contribution in [0.3, 0.4) is 0 Å². The standard InChI is InChI=1S/C14H19ClFN3O/c1-18(8-9-19-6-4-17-5-7-19)14(20)11-2-3-12(15)13(16)10-11/h2-3,10,17H,4-9H2,1H3. The monoisotopic (exact) mass is 299 g/mol. The van der Waals surface area contributed by atoms with Crippen molar-refractivity contribution in [2.45, 2.75) is 0 Å². The molecule has 1 amide bonds. The van der Waals surface area contributed by atoms with Crippen molar-refractivity contribution in [1.29, 1.82) is 0 Å². The van der Waals surface area contributed by atoms with Crippen molar-refractivity contribution in [3.8, 4) is 0 Å². The highest BCUT2D eigenvalue weighted by Crippen LogP contribution is 2.16. The Hall–Kier alpha value is -1.17. The van der Waals surface area contributed by atoms with Crippen LogP contribution in [0.15, 0.2) is 18.2 Å². The average Bonchev–Trinajstić information content (AvgIpc) is 2.48. The van der Waals surface area contributed by atoms with Gasteiger partial charge in [0.1, 0.15) is 5.82 Å². The predicted octanol–water partition coefficient (Wildman–Crippen LogP) is 1.46. The summed E-state index contributed by atoms with van der Waals surface area (Å²) in [6.45, 7) is 5.43. The van der Waals surface area contributed by atoms with Gasteiger partial charge in [-0.05, 0) is 18.2 Å². The molecule has 1 aromatic rings. The molecule has 1 N–H and O–H groups in total. The van der Waals surface area contributed by atoms with E-state index in [1.54, 1.807) is 18.0 Å². The van der Waals surface area contributed by atoms with Crippen LogP contribution in [-0.4, -0.2) is 62.0 Å². The Kier molecular flexibility index (Phi) is 5.34. The number of likely N-dealkylation sites (N-methyl/N-ethyl adjacent to an activating group) is 1. The summed E-state index contributed by atoms with van der Waals surface area (Å²) in [6, 6.07) is 4.15. The second-order valence-electron chi connectivity index (χ2n) is 4.95. The molecule has 1 aromatic carbocycles. The van der Waals surface area contributed by atoms with Crippen LogP contribution >= 0.6 is 11.6 Å². The molecule has 110 valence electrons. The van der Waals surface area contributed by atoms with Crippen molar-refractivity contribution in [1.82, 2.24) is 15.1 Å². The number of carbonyl (C=O) groups is 1. The van der Waals surface area contributed by atoms with E-state index < -0.39 is 5.82 Å². The summed E-state index contributed by atoms with van der Waals surface area (Å²) in [5.74, 6) is -0.747. The summed E-state index contributed by atoms with van der Waals surface area (Å²) in [7, 11) is 1.73. The highest BCUT2D eigenvalue weighted by molar-refractivity contribution is 6.30. The van der Waals surface area contributed by atoms with Crippen LogP contribution in [-0.2, 0) is 0 Å². The fraction of sp³-hybridized carbons (Fsp3) is 0.500. The third-order valence-corrected chi connectivity index (χ3v) is 3.78. The summed E-state index contributed by atoms with van der Waals surface area (Å²) < 4.78 is 13.4. The van der Waals surface area contributed by atoms with Gasteiger partial charge in [-0.1, -0.05) is 11.6 Å². The Labute approximate surface area is 123 Å². The van der Waals surface area contributed by atoms with E-state index in [4.69, 9.17) is 11.6 Å². The van der Waals surface area contributed by atoms with Crippen LogP contribution in [0.4, 0.5) is 4.39 Å². The number of hydrogen-bond acceptors (Lipinski definition) is 3. The molecule has 0 radical (unpaired) electrons. The molecule has 1 fully saturated rings. The van der Waals surface area contributed by atoms with Gasteiger partial charge < -0.3 is 10.2 Å². The van der Waals surface area contributed by atoms with Gasteiger partial charge in [-0.15, -0.1) is 0 Å². The Morgan fingerprint density at radius 1 is 1.45 bits per heavy atom. The highest BCUT2D eigenvalue weighted by Gasteiger charge is 2.15. The number of carbonyl (C=O) groups excluding carboxylic acids is 1. The summed E-state index contributed by atoms with van der Waals surface area (Å²) in [6.07, 6.45) is 0. The van der Waals surface area contributed by atoms with E-state index >= 15 is 0 Å². The number of nitrogens with one attached hydrogen (secondary N) is 1. The molecule has 4 nitrogen and oxygen atoms in total. The van der Waals surface area contributed by atoms with Crippen LogP contribution in [0.5, 0.6) is 0 Å². The first kappa shape index (κ1) is 15.2.